The fourth-order valence-electron chi connectivity index (χ4n) is 4.89. The molecule has 2 atom stereocenters. The second kappa shape index (κ2) is 7.76. The highest BCUT2D eigenvalue weighted by atomic mass is 16.5. The summed E-state index contributed by atoms with van der Waals surface area (Å²) < 4.78 is 8.04. The first-order valence-corrected chi connectivity index (χ1v) is 10.5. The SMILES string of the molecule is CN(C)C1(C(=N)n2cc(OC3CCC(N)c4ccccc43)ccc2=N)CCCC1. The lowest BCUT2D eigenvalue weighted by molar-refractivity contribution is 0.175. The Morgan fingerprint density at radius 2 is 1.79 bits per heavy atom. The van der Waals surface area contributed by atoms with Gasteiger partial charge in [-0.05, 0) is 63.0 Å². The van der Waals surface area contributed by atoms with Gasteiger partial charge in [0.25, 0.3) is 0 Å². The molecule has 0 bridgehead atoms. The lowest BCUT2D eigenvalue weighted by Crippen LogP contribution is -2.53. The van der Waals surface area contributed by atoms with Crippen LogP contribution >= 0.6 is 0 Å². The van der Waals surface area contributed by atoms with Crippen molar-refractivity contribution in [1.29, 1.82) is 10.8 Å². The Labute approximate surface area is 172 Å². The highest BCUT2D eigenvalue weighted by Gasteiger charge is 2.41. The van der Waals surface area contributed by atoms with Crippen LogP contribution < -0.4 is 16.0 Å². The molecule has 2 aliphatic carbocycles. The van der Waals surface area contributed by atoms with Crippen LogP contribution in [-0.4, -0.2) is 34.9 Å². The van der Waals surface area contributed by atoms with Gasteiger partial charge in [-0.15, -0.1) is 0 Å². The Bertz CT molecular complexity index is 958. The van der Waals surface area contributed by atoms with E-state index in [4.69, 9.17) is 21.3 Å². The van der Waals surface area contributed by atoms with Gasteiger partial charge in [0.2, 0.25) is 0 Å². The first-order valence-electron chi connectivity index (χ1n) is 10.5. The van der Waals surface area contributed by atoms with Gasteiger partial charge >= 0.3 is 0 Å². The molecule has 6 nitrogen and oxygen atoms in total. The van der Waals surface area contributed by atoms with E-state index in [-0.39, 0.29) is 17.7 Å². The Morgan fingerprint density at radius 1 is 1.10 bits per heavy atom. The molecular weight excluding hydrogens is 362 g/mol. The van der Waals surface area contributed by atoms with Crippen molar-refractivity contribution in [3.8, 4) is 5.75 Å². The standard InChI is InChI=1S/C23H31N5O/c1-27(2)23(13-5-6-14-23)22(26)28-15-16(9-12-21(28)25)29-20-11-10-19(24)17-7-3-4-8-18(17)20/h3-4,7-9,12,15,19-20,25-26H,5-6,10-11,13-14,24H2,1-2H3. The third kappa shape index (κ3) is 3.51. The fourth-order valence-corrected chi connectivity index (χ4v) is 4.89. The molecule has 1 aromatic carbocycles. The first kappa shape index (κ1) is 19.9. The summed E-state index contributed by atoms with van der Waals surface area (Å²) in [5, 5.41) is 17.3. The number of rotatable bonds is 4. The molecule has 1 fully saturated rings. The van der Waals surface area contributed by atoms with Gasteiger partial charge in [-0.3, -0.25) is 20.3 Å². The van der Waals surface area contributed by atoms with Gasteiger partial charge in [-0.2, -0.15) is 0 Å². The summed E-state index contributed by atoms with van der Waals surface area (Å²) in [6.07, 6.45) is 7.63. The van der Waals surface area contributed by atoms with Gasteiger partial charge in [0, 0.05) is 6.04 Å². The maximum absolute atomic E-state index is 8.94. The number of hydrogen-bond donors (Lipinski definition) is 3. The fraction of sp³-hybridized carbons (Fsp3) is 0.478. The zero-order valence-corrected chi connectivity index (χ0v) is 17.3. The minimum atomic E-state index is -0.316. The molecular formula is C23H31N5O. The highest BCUT2D eigenvalue weighted by molar-refractivity contribution is 5.91. The number of aromatic nitrogens is 1. The quantitative estimate of drug-likeness (QED) is 0.548. The van der Waals surface area contributed by atoms with Crippen molar-refractivity contribution in [3.63, 3.8) is 0 Å². The molecule has 0 amide bonds. The third-order valence-corrected chi connectivity index (χ3v) is 6.65. The summed E-state index contributed by atoms with van der Waals surface area (Å²) in [5.41, 5.74) is 8.57. The van der Waals surface area contributed by atoms with Crippen LogP contribution in [0, 0.1) is 10.8 Å². The highest BCUT2D eigenvalue weighted by Crippen LogP contribution is 2.38. The van der Waals surface area contributed by atoms with Gasteiger partial charge in [-0.1, -0.05) is 37.1 Å². The molecule has 1 heterocycles. The summed E-state index contributed by atoms with van der Waals surface area (Å²) in [6.45, 7) is 0. The minimum absolute atomic E-state index is 0.0560. The molecule has 4 N–H and O–H groups in total. The lowest BCUT2D eigenvalue weighted by atomic mass is 9.86. The van der Waals surface area contributed by atoms with Crippen LogP contribution in [0.1, 0.15) is 61.8 Å². The molecule has 1 saturated carbocycles. The van der Waals surface area contributed by atoms with Crippen molar-refractivity contribution in [1.82, 2.24) is 9.47 Å². The van der Waals surface area contributed by atoms with E-state index in [2.05, 4.69) is 17.0 Å². The first-order chi connectivity index (χ1) is 13.9. The normalized spacial score (nSPS) is 23.0. The van der Waals surface area contributed by atoms with E-state index in [1.165, 1.54) is 0 Å². The van der Waals surface area contributed by atoms with Crippen molar-refractivity contribution in [3.05, 3.63) is 59.2 Å². The van der Waals surface area contributed by atoms with Crippen LogP contribution in [0.2, 0.25) is 0 Å². The zero-order chi connectivity index (χ0) is 20.6. The predicted molar refractivity (Wildman–Crippen MR) is 114 cm³/mol. The lowest BCUT2D eigenvalue weighted by Gasteiger charge is -2.37. The average molecular weight is 394 g/mol. The van der Waals surface area contributed by atoms with Gasteiger partial charge < -0.3 is 10.5 Å². The van der Waals surface area contributed by atoms with E-state index in [9.17, 15) is 0 Å². The summed E-state index contributed by atoms with van der Waals surface area (Å²) in [4.78, 5) is 2.14. The van der Waals surface area contributed by atoms with E-state index in [0.717, 1.165) is 49.7 Å². The molecule has 0 spiro atoms. The molecule has 6 heteroatoms. The zero-order valence-electron chi connectivity index (χ0n) is 17.3. The van der Waals surface area contributed by atoms with Crippen LogP contribution in [0.3, 0.4) is 0 Å². The Kier molecular flexibility index (Phi) is 5.32. The summed E-state index contributed by atoms with van der Waals surface area (Å²) >= 11 is 0. The molecule has 2 unspecified atom stereocenters. The molecule has 29 heavy (non-hydrogen) atoms. The van der Waals surface area contributed by atoms with Crippen LogP contribution in [-0.2, 0) is 0 Å². The topological polar surface area (TPSA) is 91.1 Å². The second-order valence-electron chi connectivity index (χ2n) is 8.52. The van der Waals surface area contributed by atoms with E-state index < -0.39 is 0 Å². The Morgan fingerprint density at radius 3 is 2.48 bits per heavy atom. The number of pyridine rings is 1. The number of nitrogens with two attached hydrogens (primary N) is 1. The molecule has 0 saturated heterocycles. The maximum Gasteiger partial charge on any atom is 0.137 e. The smallest absolute Gasteiger partial charge is 0.137 e. The van der Waals surface area contributed by atoms with Gasteiger partial charge in [0.15, 0.2) is 0 Å². The molecule has 154 valence electrons. The Balaban J connectivity index is 1.64. The molecule has 2 aliphatic rings. The maximum atomic E-state index is 8.94. The minimum Gasteiger partial charge on any atom is -0.484 e. The number of nitrogens with zero attached hydrogens (tertiary/aromatic N) is 2. The monoisotopic (exact) mass is 393 g/mol. The van der Waals surface area contributed by atoms with Crippen molar-refractivity contribution in [2.24, 2.45) is 5.73 Å². The second-order valence-corrected chi connectivity index (χ2v) is 8.52. The van der Waals surface area contributed by atoms with Crippen LogP contribution in [0.25, 0.3) is 0 Å². The van der Waals surface area contributed by atoms with Gasteiger partial charge in [-0.25, -0.2) is 0 Å². The van der Waals surface area contributed by atoms with E-state index >= 15 is 0 Å². The van der Waals surface area contributed by atoms with Crippen LogP contribution in [0.15, 0.2) is 42.6 Å². The van der Waals surface area contributed by atoms with Crippen molar-refractivity contribution in [2.45, 2.75) is 56.2 Å². The summed E-state index contributed by atoms with van der Waals surface area (Å²) in [6, 6.07) is 11.8. The molecule has 2 aromatic rings. The number of hydrogen-bond acceptors (Lipinski definition) is 5. The molecule has 0 aliphatic heterocycles. The largest absolute Gasteiger partial charge is 0.484 e. The van der Waals surface area contributed by atoms with Crippen LogP contribution in [0.5, 0.6) is 5.75 Å². The number of fused-ring (bicyclic) bond motifs is 1. The van der Waals surface area contributed by atoms with Gasteiger partial charge in [0.05, 0.1) is 11.7 Å². The number of nitrogens with one attached hydrogen (secondary N) is 2. The number of ether oxygens (including phenoxy) is 1. The van der Waals surface area contributed by atoms with Gasteiger partial charge in [0.1, 0.15) is 23.2 Å². The molecule has 1 aromatic heterocycles. The van der Waals surface area contributed by atoms with E-state index in [1.54, 1.807) is 10.6 Å². The third-order valence-electron chi connectivity index (χ3n) is 6.65. The summed E-state index contributed by atoms with van der Waals surface area (Å²) in [5.74, 6) is 1.15. The Hall–Kier alpha value is -2.44. The number of benzene rings is 1. The average Bonchev–Trinajstić information content (AvgIpc) is 3.22. The van der Waals surface area contributed by atoms with E-state index in [0.29, 0.717) is 17.1 Å². The van der Waals surface area contributed by atoms with E-state index in [1.807, 2.05) is 38.5 Å². The van der Waals surface area contributed by atoms with Crippen LogP contribution in [0.4, 0.5) is 0 Å². The molecule has 4 rings (SSSR count). The van der Waals surface area contributed by atoms with Crippen molar-refractivity contribution >= 4 is 5.84 Å². The van der Waals surface area contributed by atoms with Crippen molar-refractivity contribution in [2.75, 3.05) is 14.1 Å². The molecule has 0 radical (unpaired) electrons. The number of likely N-dealkylation sites (N-methyl/N-ethyl adjacent to an activating group) is 1. The predicted octanol–water partition coefficient (Wildman–Crippen LogP) is 3.58. The van der Waals surface area contributed by atoms with Crippen molar-refractivity contribution < 1.29 is 4.74 Å². The summed E-state index contributed by atoms with van der Waals surface area (Å²) in [7, 11) is 4.07.